The van der Waals surface area contributed by atoms with E-state index in [0.717, 1.165) is 5.56 Å². The summed E-state index contributed by atoms with van der Waals surface area (Å²) < 4.78 is 5.20. The summed E-state index contributed by atoms with van der Waals surface area (Å²) in [6.07, 6.45) is 0. The van der Waals surface area contributed by atoms with E-state index in [-0.39, 0.29) is 18.4 Å². The first-order valence-corrected chi connectivity index (χ1v) is 8.29. The van der Waals surface area contributed by atoms with Crippen LogP contribution in [-0.2, 0) is 16.1 Å². The van der Waals surface area contributed by atoms with Gasteiger partial charge in [-0.1, -0.05) is 36.4 Å². The molecule has 2 aromatic carbocycles. The zero-order valence-corrected chi connectivity index (χ0v) is 14.9. The van der Waals surface area contributed by atoms with Crippen LogP contribution in [0.3, 0.4) is 0 Å². The van der Waals surface area contributed by atoms with Gasteiger partial charge in [-0.3, -0.25) is 9.59 Å². The summed E-state index contributed by atoms with van der Waals surface area (Å²) in [5.41, 5.74) is 1.71. The highest BCUT2D eigenvalue weighted by atomic mass is 16.5. The molecule has 0 fully saturated rings. The summed E-state index contributed by atoms with van der Waals surface area (Å²) in [5.74, 6) is 0.370. The smallest absolute Gasteiger partial charge is 0.242 e. The van der Waals surface area contributed by atoms with Gasteiger partial charge in [-0.05, 0) is 24.6 Å². The van der Waals surface area contributed by atoms with Crippen LogP contribution in [0.25, 0.3) is 0 Å². The van der Waals surface area contributed by atoms with Crippen LogP contribution in [0.1, 0.15) is 19.4 Å². The summed E-state index contributed by atoms with van der Waals surface area (Å²) >= 11 is 0. The van der Waals surface area contributed by atoms with Gasteiger partial charge in [0, 0.05) is 31.8 Å². The highest BCUT2D eigenvalue weighted by molar-refractivity contribution is 5.97. The molecule has 0 saturated carbocycles. The molecule has 0 bridgehead atoms. The van der Waals surface area contributed by atoms with Gasteiger partial charge in [-0.2, -0.15) is 0 Å². The van der Waals surface area contributed by atoms with E-state index in [1.54, 1.807) is 36.3 Å². The number of amides is 2. The van der Waals surface area contributed by atoms with E-state index in [1.165, 1.54) is 11.8 Å². The summed E-state index contributed by atoms with van der Waals surface area (Å²) in [5, 5.41) is 0. The maximum atomic E-state index is 12.7. The van der Waals surface area contributed by atoms with E-state index in [4.69, 9.17) is 4.74 Å². The molecular weight excluding hydrogens is 316 g/mol. The third-order valence-electron chi connectivity index (χ3n) is 3.99. The quantitative estimate of drug-likeness (QED) is 0.778. The molecule has 132 valence electrons. The van der Waals surface area contributed by atoms with Gasteiger partial charge >= 0.3 is 0 Å². The van der Waals surface area contributed by atoms with Gasteiger partial charge < -0.3 is 14.5 Å². The number of benzene rings is 2. The van der Waals surface area contributed by atoms with Crippen LogP contribution in [0, 0.1) is 0 Å². The molecule has 0 unspecified atom stereocenters. The summed E-state index contributed by atoms with van der Waals surface area (Å²) in [6.45, 7) is 4.51. The molecule has 0 heterocycles. The fraction of sp³-hybridized carbons (Fsp3) is 0.300. The van der Waals surface area contributed by atoms with Crippen molar-refractivity contribution in [3.05, 3.63) is 60.2 Å². The monoisotopic (exact) mass is 340 g/mol. The van der Waals surface area contributed by atoms with E-state index in [2.05, 4.69) is 0 Å². The Hall–Kier alpha value is -2.82. The van der Waals surface area contributed by atoms with Gasteiger partial charge in [0.1, 0.15) is 12.3 Å². The Kier molecular flexibility index (Phi) is 6.57. The van der Waals surface area contributed by atoms with E-state index < -0.39 is 0 Å². The molecule has 0 saturated heterocycles. The van der Waals surface area contributed by atoms with Crippen molar-refractivity contribution < 1.29 is 14.3 Å². The molecule has 0 atom stereocenters. The lowest BCUT2D eigenvalue weighted by molar-refractivity contribution is -0.131. The third-order valence-corrected chi connectivity index (χ3v) is 3.99. The average Bonchev–Trinajstić information content (AvgIpc) is 2.64. The number of ether oxygens (including phenoxy) is 1. The first-order chi connectivity index (χ1) is 12.0. The molecule has 25 heavy (non-hydrogen) atoms. The van der Waals surface area contributed by atoms with Crippen molar-refractivity contribution in [2.24, 2.45) is 0 Å². The number of rotatable bonds is 7. The Labute approximate surface area is 148 Å². The Morgan fingerprint density at radius 1 is 1.04 bits per heavy atom. The van der Waals surface area contributed by atoms with Crippen molar-refractivity contribution >= 4 is 17.5 Å². The predicted molar refractivity (Wildman–Crippen MR) is 98.6 cm³/mol. The molecule has 0 aliphatic rings. The van der Waals surface area contributed by atoms with Crippen molar-refractivity contribution in [1.82, 2.24) is 4.90 Å². The van der Waals surface area contributed by atoms with Crippen molar-refractivity contribution in [3.8, 4) is 5.75 Å². The van der Waals surface area contributed by atoms with Gasteiger partial charge in [0.25, 0.3) is 0 Å². The lowest BCUT2D eigenvalue weighted by Gasteiger charge is -2.26. The van der Waals surface area contributed by atoms with Gasteiger partial charge in [0.05, 0.1) is 7.11 Å². The molecule has 5 nitrogen and oxygen atoms in total. The molecule has 5 heteroatoms. The zero-order valence-electron chi connectivity index (χ0n) is 14.9. The van der Waals surface area contributed by atoms with Gasteiger partial charge in [0.15, 0.2) is 0 Å². The van der Waals surface area contributed by atoms with Crippen molar-refractivity contribution in [2.75, 3.05) is 25.1 Å². The van der Waals surface area contributed by atoms with Gasteiger partial charge in [-0.15, -0.1) is 0 Å². The number of hydrogen-bond donors (Lipinski definition) is 0. The minimum absolute atomic E-state index is 0.00315. The van der Waals surface area contributed by atoms with Gasteiger partial charge in [0.2, 0.25) is 11.8 Å². The number of carbonyl (C=O) groups is 2. The van der Waals surface area contributed by atoms with E-state index >= 15 is 0 Å². The number of nitrogens with zero attached hydrogens (tertiary/aromatic N) is 2. The van der Waals surface area contributed by atoms with Crippen molar-refractivity contribution in [1.29, 1.82) is 0 Å². The Morgan fingerprint density at radius 2 is 1.76 bits per heavy atom. The second-order valence-corrected chi connectivity index (χ2v) is 5.70. The molecule has 2 amide bonds. The van der Waals surface area contributed by atoms with E-state index in [9.17, 15) is 9.59 Å². The number of methoxy groups -OCH3 is 1. The largest absolute Gasteiger partial charge is 0.497 e. The molecule has 0 aliphatic heterocycles. The number of anilines is 1. The molecule has 0 aromatic heterocycles. The fourth-order valence-corrected chi connectivity index (χ4v) is 2.58. The molecule has 0 aliphatic carbocycles. The standard InChI is InChI=1S/C20H24N2O3/c1-4-21(14-17-9-6-5-7-10-17)20(24)15-22(16(2)23)18-11-8-12-19(13-18)25-3/h5-13H,4,14-15H2,1-3H3. The molecule has 0 radical (unpaired) electrons. The van der Waals surface area contributed by atoms with Crippen molar-refractivity contribution in [2.45, 2.75) is 20.4 Å². The van der Waals surface area contributed by atoms with E-state index in [1.807, 2.05) is 37.3 Å². The highest BCUT2D eigenvalue weighted by Gasteiger charge is 2.20. The van der Waals surface area contributed by atoms with Crippen LogP contribution in [0.15, 0.2) is 54.6 Å². The van der Waals surface area contributed by atoms with Crippen molar-refractivity contribution in [3.63, 3.8) is 0 Å². The van der Waals surface area contributed by atoms with Crippen LogP contribution in [0.2, 0.25) is 0 Å². The van der Waals surface area contributed by atoms with Crippen LogP contribution in [-0.4, -0.2) is 36.9 Å². The molecular formula is C20H24N2O3. The number of hydrogen-bond acceptors (Lipinski definition) is 3. The Morgan fingerprint density at radius 3 is 2.36 bits per heavy atom. The molecule has 0 N–H and O–H groups in total. The van der Waals surface area contributed by atoms with Crippen LogP contribution in [0.5, 0.6) is 5.75 Å². The Bertz CT molecular complexity index is 716. The Balaban J connectivity index is 2.14. The van der Waals surface area contributed by atoms with Crippen LogP contribution >= 0.6 is 0 Å². The normalized spacial score (nSPS) is 10.2. The minimum Gasteiger partial charge on any atom is -0.497 e. The predicted octanol–water partition coefficient (Wildman–Crippen LogP) is 3.10. The molecule has 2 rings (SSSR count). The maximum absolute atomic E-state index is 12.7. The van der Waals surface area contributed by atoms with Crippen LogP contribution in [0.4, 0.5) is 5.69 Å². The SMILES string of the molecule is CCN(Cc1ccccc1)C(=O)CN(C(C)=O)c1cccc(OC)c1. The maximum Gasteiger partial charge on any atom is 0.242 e. The first-order valence-electron chi connectivity index (χ1n) is 8.29. The molecule has 0 spiro atoms. The fourth-order valence-electron chi connectivity index (χ4n) is 2.58. The van der Waals surface area contributed by atoms with Gasteiger partial charge in [-0.25, -0.2) is 0 Å². The second-order valence-electron chi connectivity index (χ2n) is 5.70. The lowest BCUT2D eigenvalue weighted by Crippen LogP contribution is -2.42. The number of carbonyl (C=O) groups excluding carboxylic acids is 2. The highest BCUT2D eigenvalue weighted by Crippen LogP contribution is 2.21. The summed E-state index contributed by atoms with van der Waals surface area (Å²) in [6, 6.07) is 17.0. The van der Waals surface area contributed by atoms with E-state index in [0.29, 0.717) is 24.5 Å². The summed E-state index contributed by atoms with van der Waals surface area (Å²) in [4.78, 5) is 28.0. The summed E-state index contributed by atoms with van der Waals surface area (Å²) in [7, 11) is 1.57. The second kappa shape index (κ2) is 8.87. The lowest BCUT2D eigenvalue weighted by atomic mass is 10.2. The minimum atomic E-state index is -0.183. The first kappa shape index (κ1) is 18.5. The molecule has 2 aromatic rings. The van der Waals surface area contributed by atoms with Crippen LogP contribution < -0.4 is 9.64 Å². The third kappa shape index (κ3) is 5.08. The topological polar surface area (TPSA) is 49.9 Å². The average molecular weight is 340 g/mol. The number of likely N-dealkylation sites (N-methyl/N-ethyl adjacent to an activating group) is 1. The zero-order chi connectivity index (χ0) is 18.2.